The van der Waals surface area contributed by atoms with Crippen molar-refractivity contribution in [3.8, 4) is 17.2 Å². The number of rotatable bonds is 10. The number of benzene rings is 3. The zero-order valence-corrected chi connectivity index (χ0v) is 23.1. The van der Waals surface area contributed by atoms with Crippen molar-refractivity contribution in [2.75, 3.05) is 24.7 Å². The molecule has 0 spiro atoms. The lowest BCUT2D eigenvalue weighted by atomic mass is 9.94. The maximum absolute atomic E-state index is 13.5. The molecule has 39 heavy (non-hydrogen) atoms. The summed E-state index contributed by atoms with van der Waals surface area (Å²) in [7, 11) is 0. The Hall–Kier alpha value is -4.26. The monoisotopic (exact) mass is 529 g/mol. The standard InChI is InChI=1S/C32H35NO6/c1-6-37-25-14-12-24(13-15-25)33-29(22-9-8-10-26(18-22)38-7-2)28(31(35)32(33)36)30(34)23-11-16-27(21(5)17-23)39-19-20(3)4/h8-18,20,29,34H,6-7,19H2,1-5H3/b30-28+. The molecule has 3 aromatic carbocycles. The fourth-order valence-electron chi connectivity index (χ4n) is 4.60. The summed E-state index contributed by atoms with van der Waals surface area (Å²) in [5.74, 6) is 0.608. The molecule has 1 heterocycles. The Bertz CT molecular complexity index is 1380. The lowest BCUT2D eigenvalue weighted by Crippen LogP contribution is -2.29. The number of hydrogen-bond acceptors (Lipinski definition) is 6. The molecular formula is C32H35NO6. The van der Waals surface area contributed by atoms with Crippen molar-refractivity contribution in [3.05, 3.63) is 89.0 Å². The molecule has 7 nitrogen and oxygen atoms in total. The molecule has 1 atom stereocenters. The summed E-state index contributed by atoms with van der Waals surface area (Å²) in [6.45, 7) is 11.3. The summed E-state index contributed by atoms with van der Waals surface area (Å²) in [5, 5.41) is 11.5. The summed E-state index contributed by atoms with van der Waals surface area (Å²) in [6.07, 6.45) is 0. The van der Waals surface area contributed by atoms with E-state index >= 15 is 0 Å². The van der Waals surface area contributed by atoms with E-state index in [1.807, 2.05) is 39.0 Å². The number of carbonyl (C=O) groups excluding carboxylic acids is 2. The Kier molecular flexibility index (Phi) is 8.59. The number of aryl methyl sites for hydroxylation is 1. The van der Waals surface area contributed by atoms with Gasteiger partial charge in [0.1, 0.15) is 23.0 Å². The van der Waals surface area contributed by atoms with Crippen LogP contribution in [0.2, 0.25) is 0 Å². The highest BCUT2D eigenvalue weighted by atomic mass is 16.5. The summed E-state index contributed by atoms with van der Waals surface area (Å²) >= 11 is 0. The summed E-state index contributed by atoms with van der Waals surface area (Å²) < 4.78 is 17.1. The Morgan fingerprint density at radius 3 is 2.23 bits per heavy atom. The average molecular weight is 530 g/mol. The van der Waals surface area contributed by atoms with Crippen molar-refractivity contribution >= 4 is 23.1 Å². The summed E-state index contributed by atoms with van der Waals surface area (Å²) in [4.78, 5) is 28.4. The first-order valence-electron chi connectivity index (χ1n) is 13.3. The smallest absolute Gasteiger partial charge is 0.300 e. The number of amides is 1. The van der Waals surface area contributed by atoms with Gasteiger partial charge >= 0.3 is 0 Å². The van der Waals surface area contributed by atoms with Crippen LogP contribution in [0.4, 0.5) is 5.69 Å². The third kappa shape index (κ3) is 5.93. The Morgan fingerprint density at radius 1 is 0.897 bits per heavy atom. The topological polar surface area (TPSA) is 85.3 Å². The van der Waals surface area contributed by atoms with E-state index in [-0.39, 0.29) is 11.3 Å². The second-order valence-electron chi connectivity index (χ2n) is 9.79. The number of nitrogens with zero attached hydrogens (tertiary/aromatic N) is 1. The normalized spacial score (nSPS) is 16.6. The molecule has 1 aliphatic heterocycles. The molecular weight excluding hydrogens is 494 g/mol. The Morgan fingerprint density at radius 2 is 1.59 bits per heavy atom. The first-order chi connectivity index (χ1) is 18.7. The predicted molar refractivity (Wildman–Crippen MR) is 152 cm³/mol. The van der Waals surface area contributed by atoms with E-state index in [1.165, 1.54) is 4.90 Å². The van der Waals surface area contributed by atoms with Crippen LogP contribution in [0, 0.1) is 12.8 Å². The van der Waals surface area contributed by atoms with Gasteiger partial charge in [-0.25, -0.2) is 0 Å². The van der Waals surface area contributed by atoms with E-state index in [4.69, 9.17) is 14.2 Å². The number of ether oxygens (including phenoxy) is 3. The molecule has 1 fully saturated rings. The average Bonchev–Trinajstić information content (AvgIpc) is 3.18. The van der Waals surface area contributed by atoms with Crippen LogP contribution < -0.4 is 19.1 Å². The molecule has 204 valence electrons. The van der Waals surface area contributed by atoms with Crippen molar-refractivity contribution in [1.82, 2.24) is 0 Å². The van der Waals surface area contributed by atoms with Gasteiger partial charge in [-0.05, 0) is 92.4 Å². The number of Topliss-reactive ketones (excluding diaryl/α,β-unsaturated/α-hetero) is 1. The molecule has 1 saturated heterocycles. The van der Waals surface area contributed by atoms with Gasteiger partial charge in [0.05, 0.1) is 31.4 Å². The molecule has 0 saturated carbocycles. The maximum atomic E-state index is 13.5. The van der Waals surface area contributed by atoms with Crippen molar-refractivity contribution in [2.24, 2.45) is 5.92 Å². The van der Waals surface area contributed by atoms with Gasteiger partial charge in [-0.15, -0.1) is 0 Å². The van der Waals surface area contributed by atoms with Gasteiger partial charge in [0.25, 0.3) is 11.7 Å². The van der Waals surface area contributed by atoms with Crippen LogP contribution in [0.25, 0.3) is 5.76 Å². The molecule has 0 aromatic heterocycles. The summed E-state index contributed by atoms with van der Waals surface area (Å²) in [5.41, 5.74) is 2.41. The van der Waals surface area contributed by atoms with Crippen LogP contribution in [0.1, 0.15) is 50.4 Å². The molecule has 1 amide bonds. The first-order valence-corrected chi connectivity index (χ1v) is 13.3. The van der Waals surface area contributed by atoms with Crippen LogP contribution in [-0.2, 0) is 9.59 Å². The SMILES string of the molecule is CCOc1ccc(N2C(=O)C(=O)/C(=C(/O)c3ccc(OCC(C)C)c(C)c3)C2c2cccc(OCC)c2)cc1. The molecule has 1 aliphatic rings. The van der Waals surface area contributed by atoms with Crippen LogP contribution in [0.5, 0.6) is 17.2 Å². The van der Waals surface area contributed by atoms with Crippen molar-refractivity contribution < 1.29 is 28.9 Å². The zero-order chi connectivity index (χ0) is 28.1. The lowest BCUT2D eigenvalue weighted by molar-refractivity contribution is -0.132. The third-order valence-electron chi connectivity index (χ3n) is 6.38. The largest absolute Gasteiger partial charge is 0.507 e. The number of anilines is 1. The van der Waals surface area contributed by atoms with Crippen LogP contribution in [0.3, 0.4) is 0 Å². The van der Waals surface area contributed by atoms with Crippen LogP contribution in [0.15, 0.2) is 72.3 Å². The molecule has 1 unspecified atom stereocenters. The van der Waals surface area contributed by atoms with E-state index < -0.39 is 17.7 Å². The Balaban J connectivity index is 1.84. The second kappa shape index (κ2) is 12.1. The number of hydrogen-bond donors (Lipinski definition) is 1. The highest BCUT2D eigenvalue weighted by Crippen LogP contribution is 2.43. The molecule has 0 aliphatic carbocycles. The highest BCUT2D eigenvalue weighted by Gasteiger charge is 2.47. The van der Waals surface area contributed by atoms with Gasteiger partial charge < -0.3 is 19.3 Å². The van der Waals surface area contributed by atoms with Gasteiger partial charge in [0, 0.05) is 11.3 Å². The molecule has 3 aromatic rings. The minimum Gasteiger partial charge on any atom is -0.507 e. The van der Waals surface area contributed by atoms with Crippen molar-refractivity contribution in [2.45, 2.75) is 40.7 Å². The zero-order valence-electron chi connectivity index (χ0n) is 23.1. The third-order valence-corrected chi connectivity index (χ3v) is 6.38. The Labute approximate surface area is 229 Å². The molecule has 0 bridgehead atoms. The van der Waals surface area contributed by atoms with Gasteiger partial charge in [-0.3, -0.25) is 14.5 Å². The highest BCUT2D eigenvalue weighted by molar-refractivity contribution is 6.51. The van der Waals surface area contributed by atoms with Gasteiger partial charge in [0.15, 0.2) is 0 Å². The van der Waals surface area contributed by atoms with Crippen LogP contribution in [-0.4, -0.2) is 36.6 Å². The van der Waals surface area contributed by atoms with Crippen molar-refractivity contribution in [1.29, 1.82) is 0 Å². The summed E-state index contributed by atoms with van der Waals surface area (Å²) in [6, 6.07) is 18.6. The minimum atomic E-state index is -0.861. The fourth-order valence-corrected chi connectivity index (χ4v) is 4.60. The van der Waals surface area contributed by atoms with Gasteiger partial charge in [-0.1, -0.05) is 26.0 Å². The van der Waals surface area contributed by atoms with E-state index in [0.717, 1.165) is 5.56 Å². The predicted octanol–water partition coefficient (Wildman–Crippen LogP) is 6.45. The lowest BCUT2D eigenvalue weighted by Gasteiger charge is -2.26. The first kappa shape index (κ1) is 27.8. The van der Waals surface area contributed by atoms with E-state index in [1.54, 1.807) is 48.5 Å². The molecule has 0 radical (unpaired) electrons. The van der Waals surface area contributed by atoms with E-state index in [0.29, 0.717) is 59.8 Å². The fraction of sp³-hybridized carbons (Fsp3) is 0.312. The second-order valence-corrected chi connectivity index (χ2v) is 9.79. The molecule has 1 N–H and O–H groups in total. The number of aliphatic hydroxyl groups excluding tert-OH is 1. The number of carbonyl (C=O) groups is 2. The van der Waals surface area contributed by atoms with Gasteiger partial charge in [0.2, 0.25) is 0 Å². The minimum absolute atomic E-state index is 0.0118. The number of aliphatic hydroxyl groups is 1. The van der Waals surface area contributed by atoms with Gasteiger partial charge in [-0.2, -0.15) is 0 Å². The number of ketones is 1. The van der Waals surface area contributed by atoms with Crippen LogP contribution >= 0.6 is 0 Å². The quantitative estimate of drug-likeness (QED) is 0.184. The molecule has 7 heteroatoms. The van der Waals surface area contributed by atoms with E-state index in [9.17, 15) is 14.7 Å². The molecule has 4 rings (SSSR count). The maximum Gasteiger partial charge on any atom is 0.300 e. The van der Waals surface area contributed by atoms with Crippen molar-refractivity contribution in [3.63, 3.8) is 0 Å². The van der Waals surface area contributed by atoms with E-state index in [2.05, 4.69) is 13.8 Å².